The van der Waals surface area contributed by atoms with Gasteiger partial charge in [0.15, 0.2) is 5.76 Å². The first kappa shape index (κ1) is 19.2. The zero-order chi connectivity index (χ0) is 20.1. The molecule has 1 atom stereocenters. The van der Waals surface area contributed by atoms with Crippen LogP contribution in [0.5, 0.6) is 0 Å². The number of nitrogens with one attached hydrogen (secondary N) is 3. The van der Waals surface area contributed by atoms with E-state index >= 15 is 0 Å². The van der Waals surface area contributed by atoms with Crippen LogP contribution in [0.25, 0.3) is 0 Å². The van der Waals surface area contributed by atoms with Crippen LogP contribution in [0.4, 0.5) is 16.2 Å². The van der Waals surface area contributed by atoms with Gasteiger partial charge in [0.05, 0.1) is 12.3 Å². The van der Waals surface area contributed by atoms with Crippen molar-refractivity contribution < 1.29 is 14.0 Å². The molecule has 0 aliphatic carbocycles. The van der Waals surface area contributed by atoms with E-state index in [0.29, 0.717) is 11.4 Å². The van der Waals surface area contributed by atoms with Crippen LogP contribution in [0.15, 0.2) is 65.3 Å². The zero-order valence-electron chi connectivity index (χ0n) is 16.1. The van der Waals surface area contributed by atoms with Crippen molar-refractivity contribution in [1.82, 2.24) is 5.32 Å². The van der Waals surface area contributed by atoms with Gasteiger partial charge in [-0.1, -0.05) is 24.3 Å². The summed E-state index contributed by atoms with van der Waals surface area (Å²) in [5, 5.41) is 8.56. The number of urea groups is 1. The molecule has 1 unspecified atom stereocenters. The second kappa shape index (κ2) is 8.43. The number of carbonyl (C=O) groups excluding carboxylic acids is 2. The minimum atomic E-state index is -0.321. The Morgan fingerprint density at radius 2 is 1.71 bits per heavy atom. The highest BCUT2D eigenvalue weighted by molar-refractivity contribution is 6.02. The third-order valence-corrected chi connectivity index (χ3v) is 4.48. The fraction of sp³-hybridized carbons (Fsp3) is 0.182. The second-order valence-corrected chi connectivity index (χ2v) is 6.64. The highest BCUT2D eigenvalue weighted by Crippen LogP contribution is 2.21. The van der Waals surface area contributed by atoms with Crippen molar-refractivity contribution in [2.24, 2.45) is 0 Å². The maximum atomic E-state index is 12.3. The molecule has 0 aliphatic heterocycles. The molecule has 0 spiro atoms. The summed E-state index contributed by atoms with van der Waals surface area (Å²) in [4.78, 5) is 24.4. The average Bonchev–Trinajstić information content (AvgIpc) is 3.19. The maximum absolute atomic E-state index is 12.3. The molecule has 3 amide bonds. The topological polar surface area (TPSA) is 83.4 Å². The van der Waals surface area contributed by atoms with E-state index in [4.69, 9.17) is 4.42 Å². The van der Waals surface area contributed by atoms with Crippen molar-refractivity contribution in [3.63, 3.8) is 0 Å². The van der Waals surface area contributed by atoms with Crippen LogP contribution in [-0.4, -0.2) is 11.9 Å². The number of anilines is 2. The number of carbonyl (C=O) groups is 2. The van der Waals surface area contributed by atoms with E-state index in [2.05, 4.69) is 16.0 Å². The van der Waals surface area contributed by atoms with Crippen LogP contribution in [0, 0.1) is 13.8 Å². The normalized spacial score (nSPS) is 11.5. The molecule has 0 bridgehead atoms. The van der Waals surface area contributed by atoms with Crippen LogP contribution in [0.3, 0.4) is 0 Å². The third-order valence-electron chi connectivity index (χ3n) is 4.48. The van der Waals surface area contributed by atoms with Gasteiger partial charge in [0.1, 0.15) is 0 Å². The lowest BCUT2D eigenvalue weighted by Crippen LogP contribution is -2.31. The molecule has 3 N–H and O–H groups in total. The van der Waals surface area contributed by atoms with Crippen LogP contribution in [0.1, 0.15) is 40.2 Å². The van der Waals surface area contributed by atoms with Gasteiger partial charge >= 0.3 is 6.03 Å². The molecular formula is C22H23N3O3. The Morgan fingerprint density at radius 3 is 2.39 bits per heavy atom. The second-order valence-electron chi connectivity index (χ2n) is 6.64. The summed E-state index contributed by atoms with van der Waals surface area (Å²) in [6, 6.07) is 16.1. The number of furan rings is 1. The van der Waals surface area contributed by atoms with E-state index in [1.165, 1.54) is 6.26 Å². The largest absolute Gasteiger partial charge is 0.459 e. The van der Waals surface area contributed by atoms with E-state index in [1.807, 2.05) is 45.0 Å². The number of hydrogen-bond acceptors (Lipinski definition) is 3. The molecular weight excluding hydrogens is 354 g/mol. The smallest absolute Gasteiger partial charge is 0.319 e. The lowest BCUT2D eigenvalue weighted by molar-refractivity contribution is 0.0996. The highest BCUT2D eigenvalue weighted by Gasteiger charge is 2.13. The van der Waals surface area contributed by atoms with Gasteiger partial charge in [-0.05, 0) is 67.8 Å². The molecule has 0 saturated carbocycles. The molecule has 1 heterocycles. The lowest BCUT2D eigenvalue weighted by Gasteiger charge is -2.17. The summed E-state index contributed by atoms with van der Waals surface area (Å²) in [6.07, 6.45) is 1.45. The van der Waals surface area contributed by atoms with Gasteiger partial charge in [-0.15, -0.1) is 0 Å². The predicted molar refractivity (Wildman–Crippen MR) is 110 cm³/mol. The van der Waals surface area contributed by atoms with Gasteiger partial charge in [0, 0.05) is 11.4 Å². The number of hydrogen-bond donors (Lipinski definition) is 3. The quantitative estimate of drug-likeness (QED) is 0.583. The minimum absolute atomic E-state index is 0.117. The summed E-state index contributed by atoms with van der Waals surface area (Å²) in [6.45, 7) is 5.82. The predicted octanol–water partition coefficient (Wildman–Crippen LogP) is 5.03. The highest BCUT2D eigenvalue weighted by atomic mass is 16.3. The molecule has 3 aromatic rings. The fourth-order valence-electron chi connectivity index (χ4n) is 2.99. The lowest BCUT2D eigenvalue weighted by atomic mass is 10.0. The molecule has 0 radical (unpaired) electrons. The van der Waals surface area contributed by atoms with E-state index < -0.39 is 0 Å². The molecule has 144 valence electrons. The molecule has 0 saturated heterocycles. The fourth-order valence-corrected chi connectivity index (χ4v) is 2.99. The van der Waals surface area contributed by atoms with Gasteiger partial charge in [-0.25, -0.2) is 4.79 Å². The molecule has 3 rings (SSSR count). The number of rotatable bonds is 5. The van der Waals surface area contributed by atoms with Crippen molar-refractivity contribution in [2.45, 2.75) is 26.8 Å². The first-order valence-corrected chi connectivity index (χ1v) is 9.02. The molecule has 0 fully saturated rings. The van der Waals surface area contributed by atoms with Crippen LogP contribution in [-0.2, 0) is 0 Å². The molecule has 6 heteroatoms. The van der Waals surface area contributed by atoms with Crippen molar-refractivity contribution >= 4 is 23.3 Å². The molecule has 6 nitrogen and oxygen atoms in total. The monoisotopic (exact) mass is 377 g/mol. The van der Waals surface area contributed by atoms with Gasteiger partial charge in [0.25, 0.3) is 5.91 Å². The Labute approximate surface area is 164 Å². The number of benzene rings is 2. The van der Waals surface area contributed by atoms with Gasteiger partial charge in [-0.2, -0.15) is 0 Å². The van der Waals surface area contributed by atoms with Gasteiger partial charge < -0.3 is 20.4 Å². The van der Waals surface area contributed by atoms with Crippen LogP contribution < -0.4 is 16.0 Å². The van der Waals surface area contributed by atoms with E-state index in [1.54, 1.807) is 30.3 Å². The first-order valence-electron chi connectivity index (χ1n) is 9.02. The molecule has 0 aliphatic rings. The zero-order valence-corrected chi connectivity index (χ0v) is 16.1. The van der Waals surface area contributed by atoms with Gasteiger partial charge in [0.2, 0.25) is 0 Å². The Morgan fingerprint density at radius 1 is 0.929 bits per heavy atom. The summed E-state index contributed by atoms with van der Waals surface area (Å²) >= 11 is 0. The van der Waals surface area contributed by atoms with Crippen LogP contribution >= 0.6 is 0 Å². The Kier molecular flexibility index (Phi) is 5.79. The Bertz CT molecular complexity index is 980. The molecule has 28 heavy (non-hydrogen) atoms. The minimum Gasteiger partial charge on any atom is -0.459 e. The molecule has 2 aromatic carbocycles. The van der Waals surface area contributed by atoms with Crippen molar-refractivity contribution in [3.05, 3.63) is 83.3 Å². The third kappa shape index (κ3) is 4.59. The number of amides is 3. The molecule has 1 aromatic heterocycles. The maximum Gasteiger partial charge on any atom is 0.319 e. The summed E-state index contributed by atoms with van der Waals surface area (Å²) < 4.78 is 5.09. The van der Waals surface area contributed by atoms with Crippen molar-refractivity contribution in [2.75, 3.05) is 10.6 Å². The van der Waals surface area contributed by atoms with E-state index in [0.717, 1.165) is 16.7 Å². The number of aryl methyl sites for hydroxylation is 2. The van der Waals surface area contributed by atoms with E-state index in [9.17, 15) is 9.59 Å². The summed E-state index contributed by atoms with van der Waals surface area (Å²) in [7, 11) is 0. The summed E-state index contributed by atoms with van der Waals surface area (Å²) in [5.41, 5.74) is 4.32. The Balaban J connectivity index is 1.61. The Hall–Kier alpha value is -3.54. The van der Waals surface area contributed by atoms with Crippen molar-refractivity contribution in [1.29, 1.82) is 0 Å². The first-order chi connectivity index (χ1) is 13.4. The standard InChI is InChI=1S/C22H23N3O3/c1-14-7-4-5-8-18(14)16(3)23-22(27)24-17-10-11-19(15(2)13-17)25-21(26)20-9-6-12-28-20/h4-13,16H,1-3H3,(H,25,26)(H2,23,24,27). The SMILES string of the molecule is Cc1cc(NC(=O)NC(C)c2ccccc2C)ccc1NC(=O)c1ccco1. The van der Waals surface area contributed by atoms with Crippen molar-refractivity contribution in [3.8, 4) is 0 Å². The summed E-state index contributed by atoms with van der Waals surface area (Å²) in [5.74, 6) is -0.0789. The average molecular weight is 377 g/mol. The van der Waals surface area contributed by atoms with Gasteiger partial charge in [-0.3, -0.25) is 4.79 Å². The van der Waals surface area contributed by atoms with E-state index in [-0.39, 0.29) is 23.7 Å². The van der Waals surface area contributed by atoms with Crippen LogP contribution in [0.2, 0.25) is 0 Å².